The third-order valence-corrected chi connectivity index (χ3v) is 6.37. The van der Waals surface area contributed by atoms with Gasteiger partial charge in [-0.3, -0.25) is 0 Å². The topological polar surface area (TPSA) is 9.23 Å². The highest BCUT2D eigenvalue weighted by Crippen LogP contribution is 2.54. The summed E-state index contributed by atoms with van der Waals surface area (Å²) >= 11 is 0. The third kappa shape index (κ3) is 3.89. The number of halogens is 5. The molecule has 154 valence electrons. The van der Waals surface area contributed by atoms with Gasteiger partial charge in [-0.25, -0.2) is 8.78 Å². The number of fused-ring (bicyclic) bond motifs is 3. The average molecular weight is 408 g/mol. The van der Waals surface area contributed by atoms with Crippen LogP contribution >= 0.6 is 0 Å². The standard InChI is InChI=1S/C23H21F5O/c1-2-13-5-8-17-19(10-9-18-20(17)11-15(24)12-21(18)25)22(13)14-3-6-16(7-4-14)29-23(26,27)28/h2-4,6-7,11-13,17,19,22H,1,5,8-10H2. The first-order valence-electron chi connectivity index (χ1n) is 9.73. The maximum atomic E-state index is 14.3. The second kappa shape index (κ2) is 7.47. The van der Waals surface area contributed by atoms with Crippen LogP contribution in [0, 0.1) is 23.5 Å². The van der Waals surface area contributed by atoms with E-state index in [9.17, 15) is 22.0 Å². The maximum absolute atomic E-state index is 14.3. The zero-order valence-electron chi connectivity index (χ0n) is 15.7. The molecule has 4 unspecified atom stereocenters. The Kier molecular flexibility index (Phi) is 5.13. The molecule has 4 rings (SSSR count). The smallest absolute Gasteiger partial charge is 0.406 e. The Labute approximate surface area is 166 Å². The predicted molar refractivity (Wildman–Crippen MR) is 99.7 cm³/mol. The van der Waals surface area contributed by atoms with E-state index in [0.29, 0.717) is 12.0 Å². The van der Waals surface area contributed by atoms with E-state index >= 15 is 0 Å². The molecule has 1 saturated carbocycles. The molecule has 0 radical (unpaired) electrons. The molecule has 0 spiro atoms. The van der Waals surface area contributed by atoms with Crippen LogP contribution in [0.3, 0.4) is 0 Å². The predicted octanol–water partition coefficient (Wildman–Crippen LogP) is 6.89. The van der Waals surface area contributed by atoms with Crippen LogP contribution in [-0.4, -0.2) is 6.36 Å². The summed E-state index contributed by atoms with van der Waals surface area (Å²) in [5.74, 6) is -0.961. The monoisotopic (exact) mass is 408 g/mol. The van der Waals surface area contributed by atoms with Crippen molar-refractivity contribution in [3.8, 4) is 5.75 Å². The number of allylic oxidation sites excluding steroid dienone is 1. The lowest BCUT2D eigenvalue weighted by Gasteiger charge is -2.46. The molecule has 2 aromatic carbocycles. The van der Waals surface area contributed by atoms with Crippen molar-refractivity contribution in [2.75, 3.05) is 0 Å². The van der Waals surface area contributed by atoms with Gasteiger partial charge in [0.1, 0.15) is 17.4 Å². The molecule has 0 heterocycles. The van der Waals surface area contributed by atoms with Crippen molar-refractivity contribution in [1.82, 2.24) is 0 Å². The summed E-state index contributed by atoms with van der Waals surface area (Å²) in [6.07, 6.45) is 0.0516. The second-order valence-electron chi connectivity index (χ2n) is 7.88. The summed E-state index contributed by atoms with van der Waals surface area (Å²) in [5, 5.41) is 0. The molecule has 29 heavy (non-hydrogen) atoms. The van der Waals surface area contributed by atoms with E-state index < -0.39 is 18.0 Å². The lowest BCUT2D eigenvalue weighted by atomic mass is 9.58. The summed E-state index contributed by atoms with van der Waals surface area (Å²) in [5.41, 5.74) is 2.24. The summed E-state index contributed by atoms with van der Waals surface area (Å²) in [4.78, 5) is 0. The molecule has 0 bridgehead atoms. The molecule has 2 aliphatic carbocycles. The first kappa shape index (κ1) is 19.9. The van der Waals surface area contributed by atoms with Crippen LogP contribution in [-0.2, 0) is 6.42 Å². The number of hydrogen-bond acceptors (Lipinski definition) is 1. The highest BCUT2D eigenvalue weighted by atomic mass is 19.4. The maximum Gasteiger partial charge on any atom is 0.573 e. The minimum absolute atomic E-state index is 0.0243. The van der Waals surface area contributed by atoms with E-state index in [1.165, 1.54) is 18.2 Å². The SMILES string of the molecule is C=CC1CCC2c3cc(F)cc(F)c3CCC2C1c1ccc(OC(F)(F)F)cc1. The van der Waals surface area contributed by atoms with Crippen molar-refractivity contribution in [2.24, 2.45) is 11.8 Å². The first-order chi connectivity index (χ1) is 13.8. The van der Waals surface area contributed by atoms with Crippen molar-refractivity contribution < 1.29 is 26.7 Å². The quantitative estimate of drug-likeness (QED) is 0.397. The zero-order chi connectivity index (χ0) is 20.8. The van der Waals surface area contributed by atoms with E-state index in [1.54, 1.807) is 12.1 Å². The summed E-state index contributed by atoms with van der Waals surface area (Å²) < 4.78 is 69.5. The fourth-order valence-electron chi connectivity index (χ4n) is 5.28. The van der Waals surface area contributed by atoms with E-state index in [2.05, 4.69) is 11.3 Å². The molecule has 2 aromatic rings. The van der Waals surface area contributed by atoms with Crippen molar-refractivity contribution >= 4 is 0 Å². The zero-order valence-corrected chi connectivity index (χ0v) is 15.7. The molecule has 2 aliphatic rings. The van der Waals surface area contributed by atoms with Crippen molar-refractivity contribution in [3.05, 3.63) is 77.4 Å². The van der Waals surface area contributed by atoms with Crippen molar-refractivity contribution in [1.29, 1.82) is 0 Å². The summed E-state index contributed by atoms with van der Waals surface area (Å²) in [6, 6.07) is 8.34. The molecule has 0 N–H and O–H groups in total. The normalized spacial score (nSPS) is 26.4. The summed E-state index contributed by atoms with van der Waals surface area (Å²) in [6.45, 7) is 3.94. The van der Waals surface area contributed by atoms with Crippen molar-refractivity contribution in [3.63, 3.8) is 0 Å². The van der Waals surface area contributed by atoms with Gasteiger partial charge in [-0.2, -0.15) is 0 Å². The molecule has 1 nitrogen and oxygen atoms in total. The molecular formula is C23H21F5O. The number of hydrogen-bond donors (Lipinski definition) is 0. The minimum atomic E-state index is -4.73. The molecule has 0 aromatic heterocycles. The van der Waals surface area contributed by atoms with Gasteiger partial charge in [0.2, 0.25) is 0 Å². The lowest BCUT2D eigenvalue weighted by Crippen LogP contribution is -2.35. The molecule has 4 atom stereocenters. The lowest BCUT2D eigenvalue weighted by molar-refractivity contribution is -0.274. The fraction of sp³-hybridized carbons (Fsp3) is 0.391. The van der Waals surface area contributed by atoms with Crippen LogP contribution in [0.5, 0.6) is 5.75 Å². The highest BCUT2D eigenvalue weighted by molar-refractivity contribution is 5.39. The van der Waals surface area contributed by atoms with Gasteiger partial charge >= 0.3 is 6.36 Å². The second-order valence-corrected chi connectivity index (χ2v) is 7.88. The van der Waals surface area contributed by atoms with Gasteiger partial charge < -0.3 is 4.74 Å². The Morgan fingerprint density at radius 3 is 2.38 bits per heavy atom. The van der Waals surface area contributed by atoms with Crippen LogP contribution in [0.25, 0.3) is 0 Å². The van der Waals surface area contributed by atoms with Crippen LogP contribution in [0.15, 0.2) is 49.1 Å². The number of alkyl halides is 3. The molecule has 1 fully saturated rings. The van der Waals surface area contributed by atoms with Gasteiger partial charge in [0.25, 0.3) is 0 Å². The van der Waals surface area contributed by atoms with Gasteiger partial charge in [-0.15, -0.1) is 19.8 Å². The van der Waals surface area contributed by atoms with Crippen LogP contribution < -0.4 is 4.74 Å². The third-order valence-electron chi connectivity index (χ3n) is 6.37. The number of benzene rings is 2. The van der Waals surface area contributed by atoms with Gasteiger partial charge in [-0.05, 0) is 84.2 Å². The molecule has 6 heteroatoms. The van der Waals surface area contributed by atoms with Crippen LogP contribution in [0.4, 0.5) is 22.0 Å². The van der Waals surface area contributed by atoms with Gasteiger partial charge in [0.15, 0.2) is 0 Å². The van der Waals surface area contributed by atoms with Crippen LogP contribution in [0.1, 0.15) is 47.8 Å². The Morgan fingerprint density at radius 1 is 1.00 bits per heavy atom. The van der Waals surface area contributed by atoms with Gasteiger partial charge in [0.05, 0.1) is 0 Å². The van der Waals surface area contributed by atoms with Gasteiger partial charge in [-0.1, -0.05) is 18.2 Å². The van der Waals surface area contributed by atoms with Crippen LogP contribution in [0.2, 0.25) is 0 Å². The average Bonchev–Trinajstić information content (AvgIpc) is 2.66. The Morgan fingerprint density at radius 2 is 1.72 bits per heavy atom. The van der Waals surface area contributed by atoms with Crippen molar-refractivity contribution in [2.45, 2.75) is 43.9 Å². The van der Waals surface area contributed by atoms with Gasteiger partial charge in [0, 0.05) is 6.07 Å². The largest absolute Gasteiger partial charge is 0.573 e. The highest BCUT2D eigenvalue weighted by Gasteiger charge is 2.43. The minimum Gasteiger partial charge on any atom is -0.406 e. The molecule has 0 aliphatic heterocycles. The molecule has 0 saturated heterocycles. The summed E-state index contributed by atoms with van der Waals surface area (Å²) in [7, 11) is 0. The van der Waals surface area contributed by atoms with E-state index in [-0.39, 0.29) is 29.4 Å². The Hall–Kier alpha value is -2.37. The fourth-order valence-corrected chi connectivity index (χ4v) is 5.28. The Balaban J connectivity index is 1.68. The van der Waals surface area contributed by atoms with E-state index in [0.717, 1.165) is 36.5 Å². The van der Waals surface area contributed by atoms with E-state index in [4.69, 9.17) is 0 Å². The molecule has 0 amide bonds. The van der Waals surface area contributed by atoms with E-state index in [1.807, 2.05) is 6.08 Å². The first-order valence-corrected chi connectivity index (χ1v) is 9.73. The Bertz CT molecular complexity index is 903. The number of ether oxygens (including phenoxy) is 1. The number of rotatable bonds is 3. The molecular weight excluding hydrogens is 387 g/mol.